The van der Waals surface area contributed by atoms with Crippen LogP contribution in [0.3, 0.4) is 0 Å². The standard InChI is InChI=1S/C18H22N4O3S/c1-3-11(2)19-17(24)13-9-14(22-7-4-5-15(22)23)18(25)21-16(13)20-12-6-8-26-10-12/h6,8-11H,3-5,7H2,1-2H3,(H,19,24)(H2,20,21,25). The molecule has 2 aromatic rings. The van der Waals surface area contributed by atoms with E-state index in [0.29, 0.717) is 30.8 Å². The van der Waals surface area contributed by atoms with Crippen molar-refractivity contribution in [3.8, 4) is 0 Å². The van der Waals surface area contributed by atoms with Gasteiger partial charge < -0.3 is 20.5 Å². The lowest BCUT2D eigenvalue weighted by Gasteiger charge is -2.19. The van der Waals surface area contributed by atoms with Gasteiger partial charge in [0.1, 0.15) is 11.5 Å². The molecule has 0 aromatic carbocycles. The molecular formula is C18H22N4O3S. The van der Waals surface area contributed by atoms with E-state index in [-0.39, 0.29) is 23.5 Å². The molecule has 7 nitrogen and oxygen atoms in total. The number of amides is 2. The fourth-order valence-electron chi connectivity index (χ4n) is 2.78. The summed E-state index contributed by atoms with van der Waals surface area (Å²) < 4.78 is 0. The molecule has 26 heavy (non-hydrogen) atoms. The first kappa shape index (κ1) is 18.2. The van der Waals surface area contributed by atoms with Gasteiger partial charge in [-0.1, -0.05) is 6.92 Å². The number of nitrogens with one attached hydrogen (secondary N) is 3. The van der Waals surface area contributed by atoms with Gasteiger partial charge in [-0.3, -0.25) is 14.4 Å². The average Bonchev–Trinajstić information content (AvgIpc) is 3.26. The highest BCUT2D eigenvalue weighted by atomic mass is 32.1. The molecular weight excluding hydrogens is 352 g/mol. The van der Waals surface area contributed by atoms with E-state index in [4.69, 9.17) is 0 Å². The van der Waals surface area contributed by atoms with E-state index >= 15 is 0 Å². The molecule has 1 aliphatic heterocycles. The minimum absolute atomic E-state index is 0.000272. The van der Waals surface area contributed by atoms with E-state index in [1.807, 2.05) is 30.7 Å². The van der Waals surface area contributed by atoms with Crippen molar-refractivity contribution < 1.29 is 9.59 Å². The number of carbonyl (C=O) groups is 2. The van der Waals surface area contributed by atoms with Gasteiger partial charge in [-0.2, -0.15) is 11.3 Å². The number of rotatable bonds is 6. The van der Waals surface area contributed by atoms with E-state index in [9.17, 15) is 14.4 Å². The van der Waals surface area contributed by atoms with Gasteiger partial charge in [0.2, 0.25) is 5.91 Å². The average molecular weight is 374 g/mol. The van der Waals surface area contributed by atoms with Crippen LogP contribution in [0.2, 0.25) is 0 Å². The lowest BCUT2D eigenvalue weighted by molar-refractivity contribution is -0.117. The van der Waals surface area contributed by atoms with Gasteiger partial charge >= 0.3 is 0 Å². The minimum atomic E-state index is -0.391. The Labute approximate surface area is 155 Å². The molecule has 3 heterocycles. The minimum Gasteiger partial charge on any atom is -0.349 e. The molecule has 0 saturated carbocycles. The molecule has 0 aliphatic carbocycles. The summed E-state index contributed by atoms with van der Waals surface area (Å²) in [6.45, 7) is 4.39. The zero-order valence-corrected chi connectivity index (χ0v) is 15.6. The Bertz CT molecular complexity index is 860. The smallest absolute Gasteiger partial charge is 0.273 e. The van der Waals surface area contributed by atoms with Crippen molar-refractivity contribution in [3.05, 3.63) is 38.8 Å². The summed E-state index contributed by atoms with van der Waals surface area (Å²) in [5, 5.41) is 9.78. The molecule has 1 aliphatic rings. The van der Waals surface area contributed by atoms with Gasteiger partial charge in [-0.25, -0.2) is 0 Å². The van der Waals surface area contributed by atoms with Gasteiger partial charge in [-0.15, -0.1) is 0 Å². The second-order valence-electron chi connectivity index (χ2n) is 6.34. The molecule has 1 atom stereocenters. The first-order valence-corrected chi connectivity index (χ1v) is 9.61. The van der Waals surface area contributed by atoms with Crippen LogP contribution in [-0.2, 0) is 4.79 Å². The lowest BCUT2D eigenvalue weighted by Crippen LogP contribution is -2.35. The SMILES string of the molecule is CCC(C)NC(=O)c1cc(N2CCCC2=O)c(=O)[nH]c1Nc1ccsc1. The summed E-state index contributed by atoms with van der Waals surface area (Å²) in [4.78, 5) is 41.5. The summed E-state index contributed by atoms with van der Waals surface area (Å²) in [6.07, 6.45) is 1.92. The van der Waals surface area contributed by atoms with Crippen LogP contribution in [0.5, 0.6) is 0 Å². The third-order valence-corrected chi connectivity index (χ3v) is 5.09. The summed E-state index contributed by atoms with van der Waals surface area (Å²) in [6, 6.07) is 3.37. The number of aromatic amines is 1. The Kier molecular flexibility index (Phi) is 5.41. The Hall–Kier alpha value is -2.61. The highest BCUT2D eigenvalue weighted by molar-refractivity contribution is 7.08. The summed E-state index contributed by atoms with van der Waals surface area (Å²) in [5.74, 6) is -0.0619. The van der Waals surface area contributed by atoms with Crippen molar-refractivity contribution in [2.24, 2.45) is 0 Å². The van der Waals surface area contributed by atoms with Crippen LogP contribution in [0.1, 0.15) is 43.5 Å². The molecule has 0 radical (unpaired) electrons. The molecule has 0 spiro atoms. The van der Waals surface area contributed by atoms with Crippen LogP contribution in [0.15, 0.2) is 27.7 Å². The van der Waals surface area contributed by atoms with Crippen molar-refractivity contribution in [2.75, 3.05) is 16.8 Å². The first-order chi connectivity index (χ1) is 12.5. The van der Waals surface area contributed by atoms with Crippen LogP contribution in [0, 0.1) is 0 Å². The molecule has 0 bridgehead atoms. The van der Waals surface area contributed by atoms with Crippen LogP contribution in [0.25, 0.3) is 0 Å². The quantitative estimate of drug-likeness (QED) is 0.725. The Balaban J connectivity index is 2.02. The van der Waals surface area contributed by atoms with Gasteiger partial charge in [0.15, 0.2) is 0 Å². The highest BCUT2D eigenvalue weighted by Gasteiger charge is 2.26. The fraction of sp³-hybridized carbons (Fsp3) is 0.389. The van der Waals surface area contributed by atoms with E-state index < -0.39 is 5.56 Å². The Morgan fingerprint density at radius 2 is 2.23 bits per heavy atom. The third kappa shape index (κ3) is 3.80. The summed E-state index contributed by atoms with van der Waals surface area (Å²) >= 11 is 1.51. The van der Waals surface area contributed by atoms with E-state index in [0.717, 1.165) is 12.1 Å². The second kappa shape index (κ2) is 7.74. The number of pyridine rings is 1. The molecule has 1 fully saturated rings. The van der Waals surface area contributed by atoms with E-state index in [1.54, 1.807) is 0 Å². The number of aromatic nitrogens is 1. The molecule has 2 aromatic heterocycles. The predicted octanol–water partition coefficient (Wildman–Crippen LogP) is 2.84. The van der Waals surface area contributed by atoms with Crippen molar-refractivity contribution in [2.45, 2.75) is 39.2 Å². The highest BCUT2D eigenvalue weighted by Crippen LogP contribution is 2.25. The van der Waals surface area contributed by atoms with E-state index in [1.165, 1.54) is 22.3 Å². The van der Waals surface area contributed by atoms with Crippen LogP contribution < -0.4 is 21.1 Å². The number of hydrogen-bond acceptors (Lipinski definition) is 5. The number of thiophene rings is 1. The maximum absolute atomic E-state index is 12.7. The first-order valence-electron chi connectivity index (χ1n) is 8.67. The molecule has 1 unspecified atom stereocenters. The van der Waals surface area contributed by atoms with Gasteiger partial charge in [0, 0.05) is 24.4 Å². The lowest BCUT2D eigenvalue weighted by atomic mass is 10.1. The molecule has 138 valence electrons. The molecule has 8 heteroatoms. The van der Waals surface area contributed by atoms with Crippen molar-refractivity contribution in [1.82, 2.24) is 10.3 Å². The molecule has 3 rings (SSSR count). The van der Waals surface area contributed by atoms with Crippen LogP contribution in [0.4, 0.5) is 17.2 Å². The monoisotopic (exact) mass is 374 g/mol. The Morgan fingerprint density at radius 3 is 2.85 bits per heavy atom. The van der Waals surface area contributed by atoms with Crippen molar-refractivity contribution in [3.63, 3.8) is 0 Å². The topological polar surface area (TPSA) is 94.3 Å². The van der Waals surface area contributed by atoms with Crippen LogP contribution in [-0.4, -0.2) is 29.4 Å². The number of hydrogen-bond donors (Lipinski definition) is 3. The number of H-pyrrole nitrogens is 1. The van der Waals surface area contributed by atoms with Gasteiger partial charge in [0.25, 0.3) is 11.5 Å². The van der Waals surface area contributed by atoms with Crippen molar-refractivity contribution in [1.29, 1.82) is 0 Å². The third-order valence-electron chi connectivity index (χ3n) is 4.41. The van der Waals surface area contributed by atoms with E-state index in [2.05, 4.69) is 15.6 Å². The maximum atomic E-state index is 12.7. The molecule has 1 saturated heterocycles. The maximum Gasteiger partial charge on any atom is 0.273 e. The summed E-state index contributed by atoms with van der Waals surface area (Å²) in [7, 11) is 0. The fourth-order valence-corrected chi connectivity index (χ4v) is 3.37. The zero-order chi connectivity index (χ0) is 18.7. The van der Waals surface area contributed by atoms with Crippen LogP contribution >= 0.6 is 11.3 Å². The summed E-state index contributed by atoms with van der Waals surface area (Å²) in [5.41, 5.74) is 0.926. The Morgan fingerprint density at radius 1 is 1.42 bits per heavy atom. The normalized spacial score (nSPS) is 15.2. The number of carbonyl (C=O) groups excluding carboxylic acids is 2. The largest absolute Gasteiger partial charge is 0.349 e. The van der Waals surface area contributed by atoms with Gasteiger partial charge in [0.05, 0.1) is 11.3 Å². The zero-order valence-electron chi connectivity index (χ0n) is 14.8. The predicted molar refractivity (Wildman–Crippen MR) is 103 cm³/mol. The number of nitrogens with zero attached hydrogens (tertiary/aromatic N) is 1. The second-order valence-corrected chi connectivity index (χ2v) is 7.12. The van der Waals surface area contributed by atoms with Gasteiger partial charge in [-0.05, 0) is 37.3 Å². The number of anilines is 3. The molecule has 3 N–H and O–H groups in total. The molecule has 2 amide bonds. The van der Waals surface area contributed by atoms with Crippen molar-refractivity contribution >= 4 is 40.3 Å².